The molecule has 5 heteroatoms. The molecule has 0 fully saturated rings. The SMILES string of the molecule is Cc1ccc(NC(=O)Cn2cnc3ccccc32)c(Cl)c1. The molecule has 106 valence electrons. The van der Waals surface area contributed by atoms with Crippen molar-refractivity contribution in [3.05, 3.63) is 59.4 Å². The number of carbonyl (C=O) groups is 1. The molecule has 1 N–H and O–H groups in total. The third kappa shape index (κ3) is 2.90. The Morgan fingerprint density at radius 1 is 1.29 bits per heavy atom. The van der Waals surface area contributed by atoms with Crippen LogP contribution in [0, 0.1) is 6.92 Å². The first-order valence-electron chi connectivity index (χ1n) is 6.59. The van der Waals surface area contributed by atoms with Crippen LogP contribution in [-0.4, -0.2) is 15.5 Å². The highest BCUT2D eigenvalue weighted by atomic mass is 35.5. The van der Waals surface area contributed by atoms with Gasteiger partial charge in [-0.3, -0.25) is 4.79 Å². The Balaban J connectivity index is 1.77. The fourth-order valence-electron chi connectivity index (χ4n) is 2.20. The zero-order valence-electron chi connectivity index (χ0n) is 11.5. The van der Waals surface area contributed by atoms with E-state index in [9.17, 15) is 4.79 Å². The van der Waals surface area contributed by atoms with E-state index in [2.05, 4.69) is 10.3 Å². The van der Waals surface area contributed by atoms with Crippen LogP contribution in [0.25, 0.3) is 11.0 Å². The number of fused-ring (bicyclic) bond motifs is 1. The number of rotatable bonds is 3. The highest BCUT2D eigenvalue weighted by Crippen LogP contribution is 2.22. The van der Waals surface area contributed by atoms with E-state index in [-0.39, 0.29) is 12.5 Å². The van der Waals surface area contributed by atoms with Gasteiger partial charge < -0.3 is 9.88 Å². The summed E-state index contributed by atoms with van der Waals surface area (Å²) >= 11 is 6.12. The van der Waals surface area contributed by atoms with Crippen molar-refractivity contribution < 1.29 is 4.79 Å². The van der Waals surface area contributed by atoms with E-state index in [1.807, 2.05) is 54.0 Å². The maximum Gasteiger partial charge on any atom is 0.244 e. The highest BCUT2D eigenvalue weighted by Gasteiger charge is 2.09. The standard InChI is InChI=1S/C16H14ClN3O/c1-11-6-7-13(12(17)8-11)19-16(21)9-20-10-18-14-4-2-3-5-15(14)20/h2-8,10H,9H2,1H3,(H,19,21). The normalized spacial score (nSPS) is 10.8. The molecule has 0 atom stereocenters. The Morgan fingerprint density at radius 3 is 2.90 bits per heavy atom. The van der Waals surface area contributed by atoms with Crippen molar-refractivity contribution >= 4 is 34.2 Å². The molecular weight excluding hydrogens is 286 g/mol. The van der Waals surface area contributed by atoms with E-state index in [1.165, 1.54) is 0 Å². The van der Waals surface area contributed by atoms with Gasteiger partial charge in [0, 0.05) is 0 Å². The molecule has 1 aromatic heterocycles. The largest absolute Gasteiger partial charge is 0.323 e. The second kappa shape index (κ2) is 5.58. The second-order valence-corrected chi connectivity index (χ2v) is 5.30. The number of anilines is 1. The van der Waals surface area contributed by atoms with E-state index in [4.69, 9.17) is 11.6 Å². The number of carbonyl (C=O) groups excluding carboxylic acids is 1. The lowest BCUT2D eigenvalue weighted by Gasteiger charge is -2.09. The van der Waals surface area contributed by atoms with E-state index >= 15 is 0 Å². The minimum Gasteiger partial charge on any atom is -0.323 e. The van der Waals surface area contributed by atoms with Gasteiger partial charge in [0.25, 0.3) is 0 Å². The molecule has 0 aliphatic heterocycles. The van der Waals surface area contributed by atoms with Crippen molar-refractivity contribution in [3.8, 4) is 0 Å². The van der Waals surface area contributed by atoms with Crippen molar-refractivity contribution in [3.63, 3.8) is 0 Å². The zero-order chi connectivity index (χ0) is 14.8. The number of halogens is 1. The van der Waals surface area contributed by atoms with E-state index in [0.717, 1.165) is 16.6 Å². The quantitative estimate of drug-likeness (QED) is 0.802. The Labute approximate surface area is 127 Å². The van der Waals surface area contributed by atoms with Gasteiger partial charge in [0.1, 0.15) is 6.54 Å². The Morgan fingerprint density at radius 2 is 2.10 bits per heavy atom. The van der Waals surface area contributed by atoms with Gasteiger partial charge >= 0.3 is 0 Å². The van der Waals surface area contributed by atoms with Crippen LogP contribution >= 0.6 is 11.6 Å². The number of benzene rings is 2. The van der Waals surface area contributed by atoms with Crippen LogP contribution < -0.4 is 5.32 Å². The predicted molar refractivity (Wildman–Crippen MR) is 84.6 cm³/mol. The molecular formula is C16H14ClN3O. The molecule has 0 spiro atoms. The van der Waals surface area contributed by atoms with Gasteiger partial charge in [-0.2, -0.15) is 0 Å². The Kier molecular flexibility index (Phi) is 3.62. The first kappa shape index (κ1) is 13.6. The molecule has 4 nitrogen and oxygen atoms in total. The fourth-order valence-corrected chi connectivity index (χ4v) is 2.48. The minimum atomic E-state index is -0.135. The van der Waals surface area contributed by atoms with Crippen molar-refractivity contribution in [2.24, 2.45) is 0 Å². The number of nitrogens with one attached hydrogen (secondary N) is 1. The Bertz CT molecular complexity index is 810. The summed E-state index contributed by atoms with van der Waals surface area (Å²) in [6.45, 7) is 2.15. The van der Waals surface area contributed by atoms with Gasteiger partial charge in [-0.25, -0.2) is 4.98 Å². The van der Waals surface area contributed by atoms with E-state index < -0.39 is 0 Å². The van der Waals surface area contributed by atoms with Crippen molar-refractivity contribution in [1.29, 1.82) is 0 Å². The van der Waals surface area contributed by atoms with Crippen LogP contribution in [0.15, 0.2) is 48.8 Å². The van der Waals surface area contributed by atoms with Crippen molar-refractivity contribution in [2.75, 3.05) is 5.32 Å². The smallest absolute Gasteiger partial charge is 0.244 e. The average Bonchev–Trinajstić information content (AvgIpc) is 2.85. The summed E-state index contributed by atoms with van der Waals surface area (Å²) in [5.74, 6) is -0.135. The monoisotopic (exact) mass is 299 g/mol. The number of hydrogen-bond acceptors (Lipinski definition) is 2. The molecule has 0 aliphatic rings. The van der Waals surface area contributed by atoms with Crippen molar-refractivity contribution in [1.82, 2.24) is 9.55 Å². The third-order valence-corrected chi connectivity index (χ3v) is 3.55. The first-order valence-corrected chi connectivity index (χ1v) is 6.97. The van der Waals surface area contributed by atoms with Gasteiger partial charge in [0.15, 0.2) is 0 Å². The van der Waals surface area contributed by atoms with Gasteiger partial charge in [-0.05, 0) is 36.8 Å². The summed E-state index contributed by atoms with van der Waals surface area (Å²) in [5, 5.41) is 3.36. The average molecular weight is 300 g/mol. The lowest BCUT2D eigenvalue weighted by molar-refractivity contribution is -0.116. The van der Waals surface area contributed by atoms with Gasteiger partial charge in [-0.15, -0.1) is 0 Å². The molecule has 0 unspecified atom stereocenters. The second-order valence-electron chi connectivity index (χ2n) is 4.89. The molecule has 0 saturated heterocycles. The van der Waals surface area contributed by atoms with Crippen LogP contribution in [0.2, 0.25) is 5.02 Å². The number of nitrogens with zero attached hydrogens (tertiary/aromatic N) is 2. The summed E-state index contributed by atoms with van der Waals surface area (Å²) < 4.78 is 1.81. The molecule has 3 rings (SSSR count). The molecule has 2 aromatic carbocycles. The van der Waals surface area contributed by atoms with Gasteiger partial charge in [0.05, 0.1) is 28.1 Å². The maximum absolute atomic E-state index is 12.1. The van der Waals surface area contributed by atoms with Crippen LogP contribution in [0.5, 0.6) is 0 Å². The molecule has 1 heterocycles. The Hall–Kier alpha value is -2.33. The number of aryl methyl sites for hydroxylation is 1. The van der Waals surface area contributed by atoms with Gasteiger partial charge in [0.2, 0.25) is 5.91 Å². The molecule has 0 bridgehead atoms. The molecule has 3 aromatic rings. The summed E-state index contributed by atoms with van der Waals surface area (Å²) in [7, 11) is 0. The molecule has 1 amide bonds. The van der Waals surface area contributed by atoms with Crippen LogP contribution in [0.4, 0.5) is 5.69 Å². The zero-order valence-corrected chi connectivity index (χ0v) is 12.3. The third-order valence-electron chi connectivity index (χ3n) is 3.24. The van der Waals surface area contributed by atoms with Gasteiger partial charge in [-0.1, -0.05) is 29.8 Å². The van der Waals surface area contributed by atoms with Crippen LogP contribution in [0.3, 0.4) is 0 Å². The summed E-state index contributed by atoms with van der Waals surface area (Å²) in [4.78, 5) is 16.4. The summed E-state index contributed by atoms with van der Waals surface area (Å²) in [6.07, 6.45) is 1.67. The van der Waals surface area contributed by atoms with E-state index in [1.54, 1.807) is 6.33 Å². The molecule has 0 radical (unpaired) electrons. The van der Waals surface area contributed by atoms with Crippen molar-refractivity contribution in [2.45, 2.75) is 13.5 Å². The number of imidazole rings is 1. The number of para-hydroxylation sites is 2. The fraction of sp³-hybridized carbons (Fsp3) is 0.125. The minimum absolute atomic E-state index is 0.135. The summed E-state index contributed by atoms with van der Waals surface area (Å²) in [6, 6.07) is 13.2. The predicted octanol–water partition coefficient (Wildman–Crippen LogP) is 3.64. The number of aromatic nitrogens is 2. The highest BCUT2D eigenvalue weighted by molar-refractivity contribution is 6.33. The van der Waals surface area contributed by atoms with Crippen LogP contribution in [-0.2, 0) is 11.3 Å². The maximum atomic E-state index is 12.1. The summed E-state index contributed by atoms with van der Waals surface area (Å²) in [5.41, 5.74) is 3.48. The molecule has 0 saturated carbocycles. The molecule has 0 aliphatic carbocycles. The topological polar surface area (TPSA) is 46.9 Å². The first-order chi connectivity index (χ1) is 10.1. The van der Waals surface area contributed by atoms with Crippen LogP contribution in [0.1, 0.15) is 5.56 Å². The molecule has 21 heavy (non-hydrogen) atoms. The lowest BCUT2D eigenvalue weighted by Crippen LogP contribution is -2.18. The number of hydrogen-bond donors (Lipinski definition) is 1. The lowest BCUT2D eigenvalue weighted by atomic mass is 10.2. The van der Waals surface area contributed by atoms with E-state index in [0.29, 0.717) is 10.7 Å². The number of amides is 1.